The third-order valence-corrected chi connectivity index (χ3v) is 4.17. The summed E-state index contributed by atoms with van der Waals surface area (Å²) in [6.45, 7) is 1.31. The number of halogens is 2. The van der Waals surface area contributed by atoms with Gasteiger partial charge in [0.1, 0.15) is 5.52 Å². The summed E-state index contributed by atoms with van der Waals surface area (Å²) in [6, 6.07) is 8.57. The van der Waals surface area contributed by atoms with Crippen molar-refractivity contribution in [2.24, 2.45) is 0 Å². The summed E-state index contributed by atoms with van der Waals surface area (Å²) in [5, 5.41) is 13.9. The highest BCUT2D eigenvalue weighted by molar-refractivity contribution is 5.83. The average Bonchev–Trinajstić information content (AvgIpc) is 3.04. The van der Waals surface area contributed by atoms with Gasteiger partial charge < -0.3 is 9.84 Å². The first-order valence-corrected chi connectivity index (χ1v) is 7.57. The van der Waals surface area contributed by atoms with E-state index < -0.39 is 17.4 Å². The molecule has 0 bridgehead atoms. The molecule has 1 N–H and O–H groups in total. The maximum Gasteiger partial charge on any atom is 0.194 e. The van der Waals surface area contributed by atoms with Crippen molar-refractivity contribution in [3.05, 3.63) is 59.8 Å². The minimum atomic E-state index is -1.02. The largest absolute Gasteiger partial charge is 0.503 e. The lowest BCUT2D eigenvalue weighted by molar-refractivity contribution is 0.161. The van der Waals surface area contributed by atoms with Gasteiger partial charge in [-0.25, -0.2) is 13.5 Å². The zero-order chi connectivity index (χ0) is 16.7. The van der Waals surface area contributed by atoms with Gasteiger partial charge in [0.15, 0.2) is 17.4 Å². The zero-order valence-corrected chi connectivity index (χ0v) is 12.7. The van der Waals surface area contributed by atoms with E-state index in [-0.39, 0.29) is 5.52 Å². The maximum absolute atomic E-state index is 14.2. The number of fused-ring (bicyclic) bond motifs is 1. The number of hydrogen-bond acceptors (Lipinski definition) is 3. The number of ether oxygens (including phenoxy) is 1. The first-order chi connectivity index (χ1) is 11.6. The number of hydrogen-bond donors (Lipinski definition) is 1. The molecular formula is C18H14F2N2O2. The lowest BCUT2D eigenvalue weighted by Gasteiger charge is -2.14. The summed E-state index contributed by atoms with van der Waals surface area (Å²) in [6.07, 6.45) is 4.27. The van der Waals surface area contributed by atoms with Crippen molar-refractivity contribution in [1.29, 1.82) is 0 Å². The van der Waals surface area contributed by atoms with E-state index in [1.807, 2.05) is 30.3 Å². The van der Waals surface area contributed by atoms with E-state index in [0.29, 0.717) is 24.3 Å². The molecule has 0 amide bonds. The molecule has 2 aromatic carbocycles. The predicted molar refractivity (Wildman–Crippen MR) is 86.1 cm³/mol. The molecule has 0 unspecified atom stereocenters. The molecule has 0 atom stereocenters. The SMILES string of the molecule is Oc1c(F)cc2cnn(-c3ccc(C4=CCOCC4)cc3)c2c1F. The summed E-state index contributed by atoms with van der Waals surface area (Å²) >= 11 is 0. The highest BCUT2D eigenvalue weighted by atomic mass is 19.1. The lowest BCUT2D eigenvalue weighted by atomic mass is 10.0. The monoisotopic (exact) mass is 328 g/mol. The molecule has 4 rings (SSSR count). The average molecular weight is 328 g/mol. The molecule has 4 nitrogen and oxygen atoms in total. The molecule has 0 saturated heterocycles. The molecule has 0 aliphatic carbocycles. The van der Waals surface area contributed by atoms with Gasteiger partial charge in [-0.15, -0.1) is 0 Å². The van der Waals surface area contributed by atoms with Crippen LogP contribution in [0.3, 0.4) is 0 Å². The van der Waals surface area contributed by atoms with E-state index in [2.05, 4.69) is 5.10 Å². The molecule has 2 heterocycles. The minimum Gasteiger partial charge on any atom is -0.503 e. The van der Waals surface area contributed by atoms with Crippen LogP contribution in [0.1, 0.15) is 12.0 Å². The van der Waals surface area contributed by atoms with Crippen LogP contribution in [-0.2, 0) is 4.74 Å². The molecule has 6 heteroatoms. The van der Waals surface area contributed by atoms with E-state index in [0.717, 1.165) is 18.1 Å². The Morgan fingerprint density at radius 1 is 1.17 bits per heavy atom. The second-order valence-corrected chi connectivity index (χ2v) is 5.62. The van der Waals surface area contributed by atoms with Gasteiger partial charge in [-0.2, -0.15) is 5.10 Å². The van der Waals surface area contributed by atoms with E-state index in [1.165, 1.54) is 16.5 Å². The van der Waals surface area contributed by atoms with Crippen LogP contribution in [-0.4, -0.2) is 28.1 Å². The van der Waals surface area contributed by atoms with Crippen molar-refractivity contribution in [3.8, 4) is 11.4 Å². The fourth-order valence-electron chi connectivity index (χ4n) is 2.91. The summed E-state index contributed by atoms with van der Waals surface area (Å²) in [4.78, 5) is 0. The van der Waals surface area contributed by atoms with Crippen molar-refractivity contribution in [2.75, 3.05) is 13.2 Å². The number of aromatic hydroxyl groups is 1. The number of benzene rings is 2. The van der Waals surface area contributed by atoms with Crippen LogP contribution in [0.5, 0.6) is 5.75 Å². The van der Waals surface area contributed by atoms with E-state index in [1.54, 1.807) is 0 Å². The summed E-state index contributed by atoms with van der Waals surface area (Å²) in [5.41, 5.74) is 2.97. The van der Waals surface area contributed by atoms with E-state index >= 15 is 0 Å². The van der Waals surface area contributed by atoms with Gasteiger partial charge in [-0.05, 0) is 35.8 Å². The van der Waals surface area contributed by atoms with E-state index in [9.17, 15) is 13.9 Å². The van der Waals surface area contributed by atoms with Crippen molar-refractivity contribution in [2.45, 2.75) is 6.42 Å². The molecular weight excluding hydrogens is 314 g/mol. The molecule has 122 valence electrons. The Hall–Kier alpha value is -2.73. The quantitative estimate of drug-likeness (QED) is 0.778. The Morgan fingerprint density at radius 2 is 1.96 bits per heavy atom. The van der Waals surface area contributed by atoms with Gasteiger partial charge in [-0.1, -0.05) is 18.2 Å². The Balaban J connectivity index is 1.78. The van der Waals surface area contributed by atoms with Crippen LogP contribution >= 0.6 is 0 Å². The zero-order valence-electron chi connectivity index (χ0n) is 12.7. The molecule has 1 aliphatic rings. The molecule has 0 saturated carbocycles. The molecule has 1 aromatic heterocycles. The first kappa shape index (κ1) is 14.8. The topological polar surface area (TPSA) is 47.3 Å². The molecule has 3 aromatic rings. The standard InChI is InChI=1S/C18H14F2N2O2/c19-15-9-13-10-21-22(17(13)16(20)18(15)23)14-3-1-11(2-4-14)12-5-7-24-8-6-12/h1-5,9-10,23H,6-8H2. The van der Waals surface area contributed by atoms with Crippen LogP contribution < -0.4 is 0 Å². The lowest BCUT2D eigenvalue weighted by Crippen LogP contribution is -2.04. The summed E-state index contributed by atoms with van der Waals surface area (Å²) in [5.74, 6) is -3.01. The van der Waals surface area contributed by atoms with E-state index in [4.69, 9.17) is 4.74 Å². The molecule has 0 fully saturated rings. The fraction of sp³-hybridized carbons (Fsp3) is 0.167. The number of phenols is 1. The highest BCUT2D eigenvalue weighted by Gasteiger charge is 2.18. The van der Waals surface area contributed by atoms with Crippen LogP contribution in [0.4, 0.5) is 8.78 Å². The molecule has 24 heavy (non-hydrogen) atoms. The number of aromatic nitrogens is 2. The maximum atomic E-state index is 14.2. The second kappa shape index (κ2) is 5.72. The van der Waals surface area contributed by atoms with Crippen molar-refractivity contribution >= 4 is 16.5 Å². The Morgan fingerprint density at radius 3 is 2.67 bits per heavy atom. The van der Waals surface area contributed by atoms with Crippen LogP contribution in [0.2, 0.25) is 0 Å². The van der Waals surface area contributed by atoms with Crippen LogP contribution in [0.25, 0.3) is 22.2 Å². The van der Waals surface area contributed by atoms with Crippen molar-refractivity contribution < 1.29 is 18.6 Å². The summed E-state index contributed by atoms with van der Waals surface area (Å²) < 4.78 is 34.3. The Bertz CT molecular complexity index is 946. The molecule has 0 spiro atoms. The predicted octanol–water partition coefficient (Wildman–Crippen LogP) is 3.81. The second-order valence-electron chi connectivity index (χ2n) is 5.62. The number of rotatable bonds is 2. The van der Waals surface area contributed by atoms with Crippen molar-refractivity contribution in [3.63, 3.8) is 0 Å². The van der Waals surface area contributed by atoms with Crippen molar-refractivity contribution in [1.82, 2.24) is 9.78 Å². The van der Waals surface area contributed by atoms with Gasteiger partial charge in [0, 0.05) is 5.39 Å². The van der Waals surface area contributed by atoms with Gasteiger partial charge in [0.25, 0.3) is 0 Å². The fourth-order valence-corrected chi connectivity index (χ4v) is 2.91. The number of phenolic OH excluding ortho intramolecular Hbond substituents is 1. The van der Waals surface area contributed by atoms with Gasteiger partial charge in [0.05, 0.1) is 25.1 Å². The molecule has 0 radical (unpaired) electrons. The highest BCUT2D eigenvalue weighted by Crippen LogP contribution is 2.30. The van der Waals surface area contributed by atoms with Gasteiger partial charge >= 0.3 is 0 Å². The minimum absolute atomic E-state index is 0.0481. The third kappa shape index (κ3) is 2.35. The Kier molecular flexibility index (Phi) is 3.54. The van der Waals surface area contributed by atoms with Crippen LogP contribution in [0, 0.1) is 11.6 Å². The third-order valence-electron chi connectivity index (χ3n) is 4.17. The number of nitrogens with zero attached hydrogens (tertiary/aromatic N) is 2. The molecule has 1 aliphatic heterocycles. The Labute approximate surface area is 136 Å². The van der Waals surface area contributed by atoms with Gasteiger partial charge in [0.2, 0.25) is 0 Å². The normalized spacial score (nSPS) is 14.8. The smallest absolute Gasteiger partial charge is 0.194 e. The summed E-state index contributed by atoms with van der Waals surface area (Å²) in [7, 11) is 0. The first-order valence-electron chi connectivity index (χ1n) is 7.57. The van der Waals surface area contributed by atoms with Gasteiger partial charge in [-0.3, -0.25) is 0 Å². The van der Waals surface area contributed by atoms with Crippen LogP contribution in [0.15, 0.2) is 42.6 Å².